The highest BCUT2D eigenvalue weighted by atomic mass is 16.5. The highest BCUT2D eigenvalue weighted by Crippen LogP contribution is 2.30. The van der Waals surface area contributed by atoms with Crippen molar-refractivity contribution < 1.29 is 9.53 Å². The molecule has 0 aliphatic rings. The van der Waals surface area contributed by atoms with Gasteiger partial charge in [-0.25, -0.2) is 0 Å². The van der Waals surface area contributed by atoms with Crippen molar-refractivity contribution in [3.05, 3.63) is 34.9 Å². The van der Waals surface area contributed by atoms with Crippen LogP contribution in [0.3, 0.4) is 0 Å². The Labute approximate surface area is 136 Å². The molecule has 0 atom stereocenters. The average Bonchev–Trinajstić information content (AvgIpc) is 2.33. The number of hydrogen-bond donors (Lipinski definition) is 0. The summed E-state index contributed by atoms with van der Waals surface area (Å²) in [4.78, 5) is 11.8. The first-order valence-corrected chi connectivity index (χ1v) is 8.24. The van der Waals surface area contributed by atoms with E-state index in [4.69, 9.17) is 4.74 Å². The lowest BCUT2D eigenvalue weighted by molar-refractivity contribution is -0.147. The summed E-state index contributed by atoms with van der Waals surface area (Å²) in [6.07, 6.45) is 1.13. The van der Waals surface area contributed by atoms with E-state index >= 15 is 0 Å². The van der Waals surface area contributed by atoms with Crippen LogP contribution in [-0.4, -0.2) is 12.1 Å². The zero-order valence-corrected chi connectivity index (χ0v) is 15.5. The molecule has 0 amide bonds. The molecule has 0 saturated carbocycles. The minimum Gasteiger partial charge on any atom is -0.463 e. The standard InChI is InChI=1S/C20H32O2/c1-14(2)22-18(21)10-9-15-11-16(19(3,4)5)13-17(12-15)20(6,7)8/h11-14H,9-10H2,1-8H3. The molecule has 0 saturated heterocycles. The molecule has 0 fully saturated rings. The number of aryl methyl sites for hydroxylation is 1. The maximum absolute atomic E-state index is 11.8. The zero-order valence-electron chi connectivity index (χ0n) is 15.5. The lowest BCUT2D eigenvalue weighted by atomic mass is 9.79. The molecular weight excluding hydrogens is 272 g/mol. The second kappa shape index (κ2) is 6.85. The summed E-state index contributed by atoms with van der Waals surface area (Å²) < 4.78 is 5.23. The number of carbonyl (C=O) groups excluding carboxylic acids is 1. The highest BCUT2D eigenvalue weighted by Gasteiger charge is 2.20. The normalized spacial score (nSPS) is 12.6. The molecule has 1 aromatic rings. The molecule has 1 aromatic carbocycles. The first kappa shape index (κ1) is 18.7. The van der Waals surface area contributed by atoms with E-state index < -0.39 is 0 Å². The molecule has 0 spiro atoms. The largest absolute Gasteiger partial charge is 0.463 e. The van der Waals surface area contributed by atoms with Crippen molar-refractivity contribution in [1.29, 1.82) is 0 Å². The molecule has 22 heavy (non-hydrogen) atoms. The maximum atomic E-state index is 11.8. The lowest BCUT2D eigenvalue weighted by Gasteiger charge is -2.26. The van der Waals surface area contributed by atoms with Crippen LogP contribution in [0.4, 0.5) is 0 Å². The molecule has 2 nitrogen and oxygen atoms in total. The van der Waals surface area contributed by atoms with Gasteiger partial charge in [0.15, 0.2) is 0 Å². The van der Waals surface area contributed by atoms with Gasteiger partial charge in [-0.1, -0.05) is 59.7 Å². The predicted octanol–water partition coefficient (Wildman–Crippen LogP) is 5.17. The number of benzene rings is 1. The van der Waals surface area contributed by atoms with Crippen LogP contribution in [0.1, 0.15) is 78.5 Å². The molecule has 124 valence electrons. The molecule has 0 aliphatic heterocycles. The Kier molecular flexibility index (Phi) is 5.83. The van der Waals surface area contributed by atoms with Gasteiger partial charge in [0.1, 0.15) is 0 Å². The molecule has 0 unspecified atom stereocenters. The minimum atomic E-state index is -0.117. The Hall–Kier alpha value is -1.31. The van der Waals surface area contributed by atoms with Gasteiger partial charge in [-0.3, -0.25) is 4.79 Å². The van der Waals surface area contributed by atoms with E-state index in [1.54, 1.807) is 0 Å². The van der Waals surface area contributed by atoms with Crippen LogP contribution in [0, 0.1) is 0 Å². The van der Waals surface area contributed by atoms with Gasteiger partial charge in [0.25, 0.3) is 0 Å². The SMILES string of the molecule is CC(C)OC(=O)CCc1cc(C(C)(C)C)cc(C(C)(C)C)c1. The van der Waals surface area contributed by atoms with Crippen molar-refractivity contribution >= 4 is 5.97 Å². The Balaban J connectivity index is 3.01. The molecule has 1 rings (SSSR count). The zero-order chi connectivity index (χ0) is 17.1. The van der Waals surface area contributed by atoms with Gasteiger partial charge in [-0.05, 0) is 47.8 Å². The second-order valence-electron chi connectivity index (χ2n) is 8.46. The molecule has 0 N–H and O–H groups in total. The number of rotatable bonds is 4. The first-order valence-electron chi connectivity index (χ1n) is 8.24. The smallest absolute Gasteiger partial charge is 0.306 e. The minimum absolute atomic E-state index is 0.0430. The third-order valence-electron chi connectivity index (χ3n) is 3.71. The molecule has 0 aliphatic carbocycles. The number of hydrogen-bond acceptors (Lipinski definition) is 2. The first-order chi connectivity index (χ1) is 9.89. The Morgan fingerprint density at radius 3 is 1.77 bits per heavy atom. The Bertz CT molecular complexity index is 481. The highest BCUT2D eigenvalue weighted by molar-refractivity contribution is 5.69. The summed E-state index contributed by atoms with van der Waals surface area (Å²) in [6, 6.07) is 6.77. The van der Waals surface area contributed by atoms with E-state index in [9.17, 15) is 4.79 Å². The molecule has 0 heterocycles. The van der Waals surface area contributed by atoms with Crippen molar-refractivity contribution in [1.82, 2.24) is 0 Å². The summed E-state index contributed by atoms with van der Waals surface area (Å²) in [5, 5.41) is 0. The molecular formula is C20H32O2. The number of esters is 1. The maximum Gasteiger partial charge on any atom is 0.306 e. The fourth-order valence-corrected chi connectivity index (χ4v) is 2.27. The van der Waals surface area contributed by atoms with Crippen LogP contribution in [-0.2, 0) is 26.8 Å². The average molecular weight is 304 g/mol. The number of carbonyl (C=O) groups is 1. The van der Waals surface area contributed by atoms with Gasteiger partial charge in [0, 0.05) is 6.42 Å². The van der Waals surface area contributed by atoms with Gasteiger partial charge >= 0.3 is 5.97 Å². The van der Waals surface area contributed by atoms with Gasteiger partial charge in [0.2, 0.25) is 0 Å². The van der Waals surface area contributed by atoms with E-state index in [0.29, 0.717) is 6.42 Å². The molecule has 2 heteroatoms. The van der Waals surface area contributed by atoms with Crippen molar-refractivity contribution in [3.63, 3.8) is 0 Å². The van der Waals surface area contributed by atoms with E-state index in [0.717, 1.165) is 6.42 Å². The summed E-state index contributed by atoms with van der Waals surface area (Å²) in [5.41, 5.74) is 4.08. The third-order valence-corrected chi connectivity index (χ3v) is 3.71. The molecule has 0 radical (unpaired) electrons. The van der Waals surface area contributed by atoms with Crippen LogP contribution < -0.4 is 0 Å². The van der Waals surface area contributed by atoms with Crippen molar-refractivity contribution in [2.45, 2.75) is 85.2 Å². The van der Waals surface area contributed by atoms with E-state index in [2.05, 4.69) is 59.7 Å². The van der Waals surface area contributed by atoms with Gasteiger partial charge < -0.3 is 4.74 Å². The molecule has 0 aromatic heterocycles. The summed E-state index contributed by atoms with van der Waals surface area (Å²) in [6.45, 7) is 17.1. The quantitative estimate of drug-likeness (QED) is 0.718. The van der Waals surface area contributed by atoms with Crippen LogP contribution >= 0.6 is 0 Å². The van der Waals surface area contributed by atoms with Crippen molar-refractivity contribution in [2.75, 3.05) is 0 Å². The summed E-state index contributed by atoms with van der Waals surface area (Å²) in [7, 11) is 0. The van der Waals surface area contributed by atoms with E-state index in [-0.39, 0.29) is 22.9 Å². The fourth-order valence-electron chi connectivity index (χ4n) is 2.27. The van der Waals surface area contributed by atoms with Crippen molar-refractivity contribution in [2.24, 2.45) is 0 Å². The van der Waals surface area contributed by atoms with Gasteiger partial charge in [-0.2, -0.15) is 0 Å². The van der Waals surface area contributed by atoms with Crippen LogP contribution in [0.5, 0.6) is 0 Å². The Morgan fingerprint density at radius 2 is 1.41 bits per heavy atom. The van der Waals surface area contributed by atoms with Gasteiger partial charge in [0.05, 0.1) is 6.10 Å². The fraction of sp³-hybridized carbons (Fsp3) is 0.650. The second-order valence-corrected chi connectivity index (χ2v) is 8.46. The predicted molar refractivity (Wildman–Crippen MR) is 93.4 cm³/mol. The van der Waals surface area contributed by atoms with Crippen LogP contribution in [0.15, 0.2) is 18.2 Å². The van der Waals surface area contributed by atoms with Crippen LogP contribution in [0.2, 0.25) is 0 Å². The van der Waals surface area contributed by atoms with Crippen molar-refractivity contribution in [3.8, 4) is 0 Å². The Morgan fingerprint density at radius 1 is 0.955 bits per heavy atom. The van der Waals surface area contributed by atoms with E-state index in [1.807, 2.05) is 13.8 Å². The third kappa shape index (κ3) is 5.82. The van der Waals surface area contributed by atoms with E-state index in [1.165, 1.54) is 16.7 Å². The molecule has 0 bridgehead atoms. The number of ether oxygens (including phenoxy) is 1. The summed E-state index contributed by atoms with van der Waals surface area (Å²) >= 11 is 0. The lowest BCUT2D eigenvalue weighted by Crippen LogP contribution is -2.17. The van der Waals surface area contributed by atoms with Gasteiger partial charge in [-0.15, -0.1) is 0 Å². The monoisotopic (exact) mass is 304 g/mol. The topological polar surface area (TPSA) is 26.3 Å². The summed E-state index contributed by atoms with van der Waals surface area (Å²) in [5.74, 6) is -0.117. The van der Waals surface area contributed by atoms with Crippen LogP contribution in [0.25, 0.3) is 0 Å².